The molecule has 0 atom stereocenters. The van der Waals surface area contributed by atoms with Crippen LogP contribution in [0.4, 0.5) is 0 Å². The highest BCUT2D eigenvalue weighted by Gasteiger charge is 2.16. The fourth-order valence-corrected chi connectivity index (χ4v) is 3.35. The summed E-state index contributed by atoms with van der Waals surface area (Å²) in [5.74, 6) is -0.348. The number of rotatable bonds is 4. The van der Waals surface area contributed by atoms with Crippen molar-refractivity contribution in [2.75, 3.05) is 0 Å². The van der Waals surface area contributed by atoms with Gasteiger partial charge in [0.2, 0.25) is 0 Å². The van der Waals surface area contributed by atoms with E-state index in [0.29, 0.717) is 33.5 Å². The predicted octanol–water partition coefficient (Wildman–Crippen LogP) is 3.76. The van der Waals surface area contributed by atoms with Crippen molar-refractivity contribution in [3.63, 3.8) is 0 Å². The van der Waals surface area contributed by atoms with Crippen LogP contribution in [0, 0.1) is 0 Å². The second-order valence-electron chi connectivity index (χ2n) is 6.96. The summed E-state index contributed by atoms with van der Waals surface area (Å²) in [7, 11) is 0. The van der Waals surface area contributed by atoms with E-state index in [1.165, 1.54) is 0 Å². The minimum absolute atomic E-state index is 0.372. The summed E-state index contributed by atoms with van der Waals surface area (Å²) in [6.45, 7) is 0. The largest absolute Gasteiger partial charge is 0.463 e. The zero-order chi connectivity index (χ0) is 21.9. The maximum Gasteiger partial charge on any atom is 0.270 e. The van der Waals surface area contributed by atoms with Gasteiger partial charge < -0.3 is 4.42 Å². The fraction of sp³-hybridized carbons (Fsp3) is 0. The molecule has 0 saturated carbocycles. The van der Waals surface area contributed by atoms with Crippen molar-refractivity contribution in [1.82, 2.24) is 25.6 Å². The molecule has 0 spiro atoms. The molecule has 8 nitrogen and oxygen atoms in total. The van der Waals surface area contributed by atoms with Crippen LogP contribution in [0.2, 0.25) is 0 Å². The van der Waals surface area contributed by atoms with Crippen LogP contribution >= 0.6 is 0 Å². The van der Waals surface area contributed by atoms with Crippen LogP contribution in [-0.4, -0.2) is 26.6 Å². The van der Waals surface area contributed by atoms with Gasteiger partial charge >= 0.3 is 0 Å². The van der Waals surface area contributed by atoms with Gasteiger partial charge in [-0.15, -0.1) is 0 Å². The Balaban J connectivity index is 1.35. The van der Waals surface area contributed by atoms with Crippen molar-refractivity contribution >= 4 is 22.7 Å². The van der Waals surface area contributed by atoms with Gasteiger partial charge in [-0.2, -0.15) is 5.10 Å². The number of carbonyl (C=O) groups excluding carboxylic acids is 2. The number of fused-ring (bicyclic) bond motifs is 1. The summed E-state index contributed by atoms with van der Waals surface area (Å²) in [4.78, 5) is 30.0. The second-order valence-corrected chi connectivity index (χ2v) is 6.96. The molecule has 0 fully saturated rings. The Morgan fingerprint density at radius 1 is 0.875 bits per heavy atom. The minimum Gasteiger partial charge on any atom is -0.463 e. The Bertz CT molecular complexity index is 1390. The van der Waals surface area contributed by atoms with Crippen LogP contribution in [0.3, 0.4) is 0 Å². The molecule has 0 aliphatic heterocycles. The number of pyridine rings is 1. The molecule has 3 heterocycles. The van der Waals surface area contributed by atoms with Crippen LogP contribution < -0.4 is 10.9 Å². The van der Waals surface area contributed by atoms with Crippen LogP contribution in [0.25, 0.3) is 28.0 Å². The Kier molecular flexibility index (Phi) is 4.93. The molecule has 2 aromatic carbocycles. The molecule has 156 valence electrons. The lowest BCUT2D eigenvalue weighted by Gasteiger charge is -2.11. The Hall–Kier alpha value is -4.72. The topological polar surface area (TPSA) is 102 Å². The SMILES string of the molecule is O=C(NNC(=O)c1cc(-c2ccco2)nc2ccccc12)c1ccc(-n2cccn2)cc1. The van der Waals surface area contributed by atoms with Gasteiger partial charge in [0.05, 0.1) is 23.0 Å². The lowest BCUT2D eigenvalue weighted by atomic mass is 10.1. The molecule has 3 aromatic heterocycles. The van der Waals surface area contributed by atoms with Crippen molar-refractivity contribution in [2.45, 2.75) is 0 Å². The maximum atomic E-state index is 12.9. The number of benzene rings is 2. The Morgan fingerprint density at radius 3 is 2.44 bits per heavy atom. The molecule has 0 unspecified atom stereocenters. The average molecular weight is 423 g/mol. The average Bonchev–Trinajstić information content (AvgIpc) is 3.56. The van der Waals surface area contributed by atoms with Gasteiger partial charge in [-0.1, -0.05) is 18.2 Å². The lowest BCUT2D eigenvalue weighted by molar-refractivity contribution is 0.0847. The molecular formula is C24H17N5O3. The first-order chi connectivity index (χ1) is 15.7. The number of aromatic nitrogens is 3. The first kappa shape index (κ1) is 19.3. The standard InChI is InChI=1S/C24H17N5O3/c30-23(16-8-10-17(11-9-16)29-13-4-12-25-29)27-28-24(31)19-15-21(22-7-3-14-32-22)26-20-6-2-1-5-18(19)20/h1-15H,(H,27,30)(H,28,31). The van der Waals surface area contributed by atoms with Crippen molar-refractivity contribution < 1.29 is 14.0 Å². The third-order valence-corrected chi connectivity index (χ3v) is 4.92. The molecule has 5 rings (SSSR count). The number of furan rings is 1. The highest BCUT2D eigenvalue weighted by Crippen LogP contribution is 2.25. The van der Waals surface area contributed by atoms with Gasteiger partial charge in [0.15, 0.2) is 5.76 Å². The molecule has 5 aromatic rings. The number of para-hydroxylation sites is 1. The number of carbonyl (C=O) groups is 2. The quantitative estimate of drug-likeness (QED) is 0.429. The molecular weight excluding hydrogens is 406 g/mol. The van der Waals surface area contributed by atoms with E-state index in [9.17, 15) is 9.59 Å². The molecule has 0 saturated heterocycles. The fourth-order valence-electron chi connectivity index (χ4n) is 3.35. The Labute approximate surface area is 182 Å². The molecule has 0 radical (unpaired) electrons. The summed E-state index contributed by atoms with van der Waals surface area (Å²) in [6, 6.07) is 21.1. The Morgan fingerprint density at radius 2 is 1.69 bits per heavy atom. The molecule has 2 amide bonds. The van der Waals surface area contributed by atoms with Crippen LogP contribution in [0.1, 0.15) is 20.7 Å². The predicted molar refractivity (Wildman–Crippen MR) is 118 cm³/mol. The van der Waals surface area contributed by atoms with E-state index in [1.54, 1.807) is 65.7 Å². The van der Waals surface area contributed by atoms with E-state index in [0.717, 1.165) is 5.69 Å². The zero-order valence-corrected chi connectivity index (χ0v) is 16.7. The number of hydrogen-bond donors (Lipinski definition) is 2. The number of hydrazine groups is 1. The molecule has 0 aliphatic carbocycles. The van der Waals surface area contributed by atoms with E-state index in [-0.39, 0.29) is 0 Å². The normalized spacial score (nSPS) is 10.8. The van der Waals surface area contributed by atoms with E-state index in [2.05, 4.69) is 20.9 Å². The first-order valence-electron chi connectivity index (χ1n) is 9.83. The van der Waals surface area contributed by atoms with Gasteiger partial charge in [-0.05, 0) is 54.6 Å². The molecule has 8 heteroatoms. The molecule has 0 aliphatic rings. The van der Waals surface area contributed by atoms with Gasteiger partial charge in [0.1, 0.15) is 5.69 Å². The van der Waals surface area contributed by atoms with Crippen molar-refractivity contribution in [3.05, 3.63) is 103 Å². The van der Waals surface area contributed by atoms with Crippen molar-refractivity contribution in [1.29, 1.82) is 0 Å². The summed E-state index contributed by atoms with van der Waals surface area (Å²) in [5.41, 5.74) is 7.72. The number of nitrogens with one attached hydrogen (secondary N) is 2. The lowest BCUT2D eigenvalue weighted by Crippen LogP contribution is -2.41. The molecule has 32 heavy (non-hydrogen) atoms. The second kappa shape index (κ2) is 8.19. The minimum atomic E-state index is -0.460. The van der Waals surface area contributed by atoms with Gasteiger partial charge in [-0.25, -0.2) is 9.67 Å². The molecule has 0 bridgehead atoms. The number of hydrogen-bond acceptors (Lipinski definition) is 5. The van der Waals surface area contributed by atoms with Crippen LogP contribution in [0.15, 0.2) is 95.9 Å². The van der Waals surface area contributed by atoms with Gasteiger partial charge in [0.25, 0.3) is 11.8 Å². The van der Waals surface area contributed by atoms with E-state index >= 15 is 0 Å². The number of nitrogens with zero attached hydrogens (tertiary/aromatic N) is 3. The third-order valence-electron chi connectivity index (χ3n) is 4.92. The van der Waals surface area contributed by atoms with Gasteiger partial charge in [0, 0.05) is 23.3 Å². The van der Waals surface area contributed by atoms with Crippen LogP contribution in [-0.2, 0) is 0 Å². The van der Waals surface area contributed by atoms with Gasteiger partial charge in [-0.3, -0.25) is 20.4 Å². The maximum absolute atomic E-state index is 12.9. The summed E-state index contributed by atoms with van der Waals surface area (Å²) in [5, 5.41) is 4.82. The number of amides is 2. The summed E-state index contributed by atoms with van der Waals surface area (Å²) in [6.07, 6.45) is 5.03. The summed E-state index contributed by atoms with van der Waals surface area (Å²) >= 11 is 0. The monoisotopic (exact) mass is 423 g/mol. The highest BCUT2D eigenvalue weighted by molar-refractivity contribution is 6.08. The smallest absolute Gasteiger partial charge is 0.270 e. The van der Waals surface area contributed by atoms with Crippen LogP contribution in [0.5, 0.6) is 0 Å². The van der Waals surface area contributed by atoms with Crippen molar-refractivity contribution in [3.8, 4) is 17.1 Å². The third kappa shape index (κ3) is 3.72. The van der Waals surface area contributed by atoms with E-state index in [4.69, 9.17) is 4.42 Å². The first-order valence-corrected chi connectivity index (χ1v) is 9.83. The molecule has 2 N–H and O–H groups in total. The van der Waals surface area contributed by atoms with Crippen molar-refractivity contribution in [2.24, 2.45) is 0 Å². The van der Waals surface area contributed by atoms with E-state index < -0.39 is 11.8 Å². The van der Waals surface area contributed by atoms with E-state index in [1.807, 2.05) is 30.5 Å². The highest BCUT2D eigenvalue weighted by atomic mass is 16.3. The summed E-state index contributed by atoms with van der Waals surface area (Å²) < 4.78 is 7.11. The zero-order valence-electron chi connectivity index (χ0n) is 16.7.